The lowest BCUT2D eigenvalue weighted by Gasteiger charge is -2.28. The topological polar surface area (TPSA) is 63.1 Å². The predicted octanol–water partition coefficient (Wildman–Crippen LogP) is 2.21. The van der Waals surface area contributed by atoms with Crippen LogP contribution in [0.15, 0.2) is 36.5 Å². The second kappa shape index (κ2) is 5.63. The maximum absolute atomic E-state index is 13.1. The highest BCUT2D eigenvalue weighted by Crippen LogP contribution is 2.25. The molecule has 1 aromatic carbocycles. The number of hydrogen-bond acceptors (Lipinski definition) is 4. The van der Waals surface area contributed by atoms with Crippen molar-refractivity contribution in [3.8, 4) is 0 Å². The largest absolute Gasteiger partial charge is 0.372 e. The van der Waals surface area contributed by atoms with Gasteiger partial charge in [-0.3, -0.25) is 4.79 Å². The van der Waals surface area contributed by atoms with Crippen LogP contribution >= 0.6 is 0 Å². The highest BCUT2D eigenvalue weighted by molar-refractivity contribution is 6.07. The minimum Gasteiger partial charge on any atom is -0.372 e. The highest BCUT2D eigenvalue weighted by Gasteiger charge is 2.25. The molecule has 0 fully saturated rings. The third-order valence-electron chi connectivity index (χ3n) is 4.61. The van der Waals surface area contributed by atoms with Crippen LogP contribution in [-0.2, 0) is 20.0 Å². The Kier molecular flexibility index (Phi) is 3.45. The Morgan fingerprint density at radius 1 is 1.25 bits per heavy atom. The van der Waals surface area contributed by atoms with E-state index < -0.39 is 0 Å². The molecule has 0 radical (unpaired) electrons. The molecule has 0 unspecified atom stereocenters. The van der Waals surface area contributed by atoms with Crippen LogP contribution in [0.4, 0.5) is 5.82 Å². The standard InChI is InChI=1S/C18H19N5O/c1-19-17-9-12-10-23(8-7-15(12)20-21-17)18(24)14-11-22(2)16-6-4-3-5-13(14)16/h3-6,9,11H,7-8,10H2,1-2H3,(H,19,21). The van der Waals surface area contributed by atoms with Crippen molar-refractivity contribution in [1.29, 1.82) is 0 Å². The van der Waals surface area contributed by atoms with Crippen molar-refractivity contribution in [2.24, 2.45) is 7.05 Å². The Labute approximate surface area is 140 Å². The molecule has 0 bridgehead atoms. The van der Waals surface area contributed by atoms with E-state index in [-0.39, 0.29) is 5.91 Å². The first-order valence-corrected chi connectivity index (χ1v) is 8.04. The van der Waals surface area contributed by atoms with Crippen molar-refractivity contribution < 1.29 is 4.79 Å². The van der Waals surface area contributed by atoms with E-state index in [1.807, 2.05) is 60.1 Å². The van der Waals surface area contributed by atoms with Crippen LogP contribution in [0.1, 0.15) is 21.6 Å². The molecular weight excluding hydrogens is 302 g/mol. The normalized spacial score (nSPS) is 13.8. The van der Waals surface area contributed by atoms with Crippen LogP contribution < -0.4 is 5.32 Å². The number of aryl methyl sites for hydroxylation is 1. The van der Waals surface area contributed by atoms with Gasteiger partial charge in [0.25, 0.3) is 5.91 Å². The smallest absolute Gasteiger partial charge is 0.256 e. The fourth-order valence-electron chi connectivity index (χ4n) is 3.31. The summed E-state index contributed by atoms with van der Waals surface area (Å²) in [6.45, 7) is 1.24. The molecule has 0 atom stereocenters. The molecular formula is C18H19N5O. The first kappa shape index (κ1) is 14.7. The predicted molar refractivity (Wildman–Crippen MR) is 92.9 cm³/mol. The molecule has 4 rings (SSSR count). The lowest BCUT2D eigenvalue weighted by atomic mass is 10.0. The van der Waals surface area contributed by atoms with Gasteiger partial charge in [-0.15, -0.1) is 5.10 Å². The number of benzene rings is 1. The fraction of sp³-hybridized carbons (Fsp3) is 0.278. The summed E-state index contributed by atoms with van der Waals surface area (Å²) >= 11 is 0. The van der Waals surface area contributed by atoms with E-state index in [4.69, 9.17) is 0 Å². The van der Waals surface area contributed by atoms with E-state index in [1.54, 1.807) is 0 Å². The van der Waals surface area contributed by atoms with E-state index in [0.29, 0.717) is 13.1 Å². The van der Waals surface area contributed by atoms with Gasteiger partial charge in [0, 0.05) is 50.7 Å². The van der Waals surface area contributed by atoms with Crippen molar-refractivity contribution in [1.82, 2.24) is 19.7 Å². The second-order valence-electron chi connectivity index (χ2n) is 6.10. The molecule has 3 aromatic rings. The summed E-state index contributed by atoms with van der Waals surface area (Å²) in [6.07, 6.45) is 2.66. The SMILES string of the molecule is CNc1cc2c(nn1)CCN(C(=O)c1cn(C)c3ccccc13)C2. The number of nitrogens with one attached hydrogen (secondary N) is 1. The zero-order valence-corrected chi connectivity index (χ0v) is 13.8. The first-order valence-electron chi connectivity index (χ1n) is 8.04. The fourth-order valence-corrected chi connectivity index (χ4v) is 3.31. The molecule has 6 nitrogen and oxygen atoms in total. The summed E-state index contributed by atoms with van der Waals surface area (Å²) in [6, 6.07) is 9.98. The van der Waals surface area contributed by atoms with Gasteiger partial charge in [-0.1, -0.05) is 18.2 Å². The van der Waals surface area contributed by atoms with E-state index in [1.165, 1.54) is 0 Å². The summed E-state index contributed by atoms with van der Waals surface area (Å²) < 4.78 is 2.01. The first-order chi connectivity index (χ1) is 11.7. The van der Waals surface area contributed by atoms with E-state index in [0.717, 1.165) is 40.0 Å². The summed E-state index contributed by atoms with van der Waals surface area (Å²) in [7, 11) is 3.79. The van der Waals surface area contributed by atoms with Crippen LogP contribution in [0.2, 0.25) is 0 Å². The zero-order valence-electron chi connectivity index (χ0n) is 13.8. The quantitative estimate of drug-likeness (QED) is 0.786. The van der Waals surface area contributed by atoms with E-state index in [9.17, 15) is 4.79 Å². The molecule has 0 saturated heterocycles. The molecule has 1 amide bonds. The third-order valence-corrected chi connectivity index (χ3v) is 4.61. The average Bonchev–Trinajstić information content (AvgIpc) is 2.97. The molecule has 1 aliphatic rings. The van der Waals surface area contributed by atoms with Crippen molar-refractivity contribution in [3.63, 3.8) is 0 Å². The summed E-state index contributed by atoms with van der Waals surface area (Å²) in [5, 5.41) is 12.4. The highest BCUT2D eigenvalue weighted by atomic mass is 16.2. The molecule has 122 valence electrons. The lowest BCUT2D eigenvalue weighted by Crippen LogP contribution is -2.36. The van der Waals surface area contributed by atoms with Gasteiger partial charge in [-0.2, -0.15) is 5.10 Å². The molecule has 3 heterocycles. The molecule has 6 heteroatoms. The minimum atomic E-state index is 0.0697. The molecule has 24 heavy (non-hydrogen) atoms. The monoisotopic (exact) mass is 321 g/mol. The van der Waals surface area contributed by atoms with Gasteiger partial charge in [0.15, 0.2) is 0 Å². The summed E-state index contributed by atoms with van der Waals surface area (Å²) in [5.74, 6) is 0.800. The van der Waals surface area contributed by atoms with Crippen LogP contribution in [0.3, 0.4) is 0 Å². The average molecular weight is 321 g/mol. The number of amides is 1. The van der Waals surface area contributed by atoms with Crippen LogP contribution in [0, 0.1) is 0 Å². The van der Waals surface area contributed by atoms with Gasteiger partial charge >= 0.3 is 0 Å². The maximum Gasteiger partial charge on any atom is 0.256 e. The lowest BCUT2D eigenvalue weighted by molar-refractivity contribution is 0.0735. The number of aromatic nitrogens is 3. The van der Waals surface area contributed by atoms with Crippen LogP contribution in [0.25, 0.3) is 10.9 Å². The van der Waals surface area contributed by atoms with Crippen molar-refractivity contribution >= 4 is 22.6 Å². The zero-order chi connectivity index (χ0) is 16.7. The number of anilines is 1. The number of carbonyl (C=O) groups excluding carboxylic acids is 1. The van der Waals surface area contributed by atoms with Gasteiger partial charge in [0.1, 0.15) is 5.82 Å². The van der Waals surface area contributed by atoms with Crippen LogP contribution in [-0.4, -0.2) is 39.2 Å². The Morgan fingerprint density at radius 3 is 2.92 bits per heavy atom. The molecule has 2 aromatic heterocycles. The molecule has 0 saturated carbocycles. The number of nitrogens with zero attached hydrogens (tertiary/aromatic N) is 4. The van der Waals surface area contributed by atoms with Crippen molar-refractivity contribution in [3.05, 3.63) is 53.3 Å². The molecule has 0 spiro atoms. The van der Waals surface area contributed by atoms with Gasteiger partial charge in [0.05, 0.1) is 11.3 Å². The van der Waals surface area contributed by atoms with E-state index >= 15 is 0 Å². The Bertz CT molecular complexity index is 930. The van der Waals surface area contributed by atoms with Crippen molar-refractivity contribution in [2.75, 3.05) is 18.9 Å². The van der Waals surface area contributed by atoms with Gasteiger partial charge in [-0.05, 0) is 17.7 Å². The third kappa shape index (κ3) is 2.31. The maximum atomic E-state index is 13.1. The van der Waals surface area contributed by atoms with E-state index in [2.05, 4.69) is 15.5 Å². The Morgan fingerprint density at radius 2 is 2.08 bits per heavy atom. The van der Waals surface area contributed by atoms with Crippen molar-refractivity contribution in [2.45, 2.75) is 13.0 Å². The molecule has 1 N–H and O–H groups in total. The van der Waals surface area contributed by atoms with Gasteiger partial charge in [0.2, 0.25) is 0 Å². The molecule has 1 aliphatic heterocycles. The van der Waals surface area contributed by atoms with Gasteiger partial charge in [-0.25, -0.2) is 0 Å². The van der Waals surface area contributed by atoms with Gasteiger partial charge < -0.3 is 14.8 Å². The summed E-state index contributed by atoms with van der Waals surface area (Å²) in [4.78, 5) is 14.9. The summed E-state index contributed by atoms with van der Waals surface area (Å²) in [5.41, 5.74) is 3.87. The number of carbonyl (C=O) groups is 1. The minimum absolute atomic E-state index is 0.0697. The van der Waals surface area contributed by atoms with Crippen LogP contribution in [0.5, 0.6) is 0 Å². The number of fused-ring (bicyclic) bond motifs is 2. The second-order valence-corrected chi connectivity index (χ2v) is 6.10. The Hall–Kier alpha value is -2.89. The number of para-hydroxylation sites is 1. The Balaban J connectivity index is 1.67. The molecule has 0 aliphatic carbocycles. The number of rotatable bonds is 2. The number of hydrogen-bond donors (Lipinski definition) is 1.